The van der Waals surface area contributed by atoms with Gasteiger partial charge in [-0.3, -0.25) is 4.79 Å². The molecule has 4 rings (SSSR count). The minimum Gasteiger partial charge on any atom is -0.444 e. The van der Waals surface area contributed by atoms with E-state index in [1.807, 2.05) is 27.7 Å². The minimum atomic E-state index is -0.766. The largest absolute Gasteiger partial charge is 0.444 e. The summed E-state index contributed by atoms with van der Waals surface area (Å²) in [7, 11) is 0. The predicted molar refractivity (Wildman–Crippen MR) is 142 cm³/mol. The number of nitrogens with one attached hydrogen (secondary N) is 1. The molecule has 9 nitrogen and oxygen atoms in total. The van der Waals surface area contributed by atoms with E-state index in [-0.39, 0.29) is 24.1 Å². The number of anilines is 2. The van der Waals surface area contributed by atoms with Crippen molar-refractivity contribution in [2.75, 3.05) is 29.9 Å². The molecule has 39 heavy (non-hydrogen) atoms. The molecule has 0 saturated carbocycles. The zero-order valence-corrected chi connectivity index (χ0v) is 22.3. The second kappa shape index (κ2) is 11.6. The van der Waals surface area contributed by atoms with Crippen LogP contribution in [0, 0.1) is 11.6 Å². The van der Waals surface area contributed by atoms with Crippen LogP contribution in [0.25, 0.3) is 0 Å². The number of carbonyl (C=O) groups is 2. The van der Waals surface area contributed by atoms with Gasteiger partial charge in [0, 0.05) is 43.5 Å². The molecule has 1 N–H and O–H groups in total. The summed E-state index contributed by atoms with van der Waals surface area (Å²) in [4.78, 5) is 37.1. The van der Waals surface area contributed by atoms with Gasteiger partial charge in [0.1, 0.15) is 35.1 Å². The van der Waals surface area contributed by atoms with Gasteiger partial charge in [0.15, 0.2) is 0 Å². The average molecular weight is 540 g/mol. The Labute approximate surface area is 225 Å². The van der Waals surface area contributed by atoms with Crippen molar-refractivity contribution in [2.45, 2.75) is 45.8 Å². The highest BCUT2D eigenvalue weighted by Gasteiger charge is 2.31. The minimum absolute atomic E-state index is 0.0739. The summed E-state index contributed by atoms with van der Waals surface area (Å²) in [6.07, 6.45) is 0.862. The number of hydrogen-bond acceptors (Lipinski definition) is 7. The number of piperazine rings is 1. The highest BCUT2D eigenvalue weighted by atomic mass is 19.1. The summed E-state index contributed by atoms with van der Waals surface area (Å²) < 4.78 is 38.3. The first-order valence-corrected chi connectivity index (χ1v) is 12.5. The Morgan fingerprint density at radius 2 is 1.79 bits per heavy atom. The molecule has 3 aromatic rings. The van der Waals surface area contributed by atoms with E-state index in [1.54, 1.807) is 35.2 Å². The topological polar surface area (TPSA) is 96.9 Å². The number of nitrogens with zero attached hydrogens (tertiary/aromatic N) is 4. The van der Waals surface area contributed by atoms with Gasteiger partial charge < -0.3 is 24.6 Å². The van der Waals surface area contributed by atoms with Crippen LogP contribution in [-0.4, -0.2) is 58.1 Å². The zero-order valence-electron chi connectivity index (χ0n) is 22.3. The molecule has 2 amide bonds. The van der Waals surface area contributed by atoms with Crippen molar-refractivity contribution in [3.05, 3.63) is 72.1 Å². The van der Waals surface area contributed by atoms with E-state index in [4.69, 9.17) is 9.47 Å². The van der Waals surface area contributed by atoms with Gasteiger partial charge >= 0.3 is 6.09 Å². The summed E-state index contributed by atoms with van der Waals surface area (Å²) in [6, 6.07) is 11.4. The molecule has 1 aromatic heterocycles. The van der Waals surface area contributed by atoms with Gasteiger partial charge in [0.2, 0.25) is 11.8 Å². The zero-order chi connectivity index (χ0) is 28.2. The number of rotatable bonds is 6. The number of benzene rings is 2. The van der Waals surface area contributed by atoms with E-state index in [0.29, 0.717) is 42.8 Å². The highest BCUT2D eigenvalue weighted by Crippen LogP contribution is 2.26. The quantitative estimate of drug-likeness (QED) is 0.461. The lowest BCUT2D eigenvalue weighted by Crippen LogP contribution is -2.55. The van der Waals surface area contributed by atoms with E-state index < -0.39 is 23.1 Å². The second-order valence-corrected chi connectivity index (χ2v) is 10.3. The Morgan fingerprint density at radius 3 is 2.46 bits per heavy atom. The Morgan fingerprint density at radius 1 is 1.05 bits per heavy atom. The van der Waals surface area contributed by atoms with E-state index in [0.717, 1.165) is 12.1 Å². The third-order valence-corrected chi connectivity index (χ3v) is 5.93. The molecular formula is C28H31F2N5O4. The number of ether oxygens (including phenoxy) is 2. The van der Waals surface area contributed by atoms with Crippen LogP contribution in [0.5, 0.6) is 11.6 Å². The first kappa shape index (κ1) is 27.7. The maximum absolute atomic E-state index is 13.8. The fourth-order valence-electron chi connectivity index (χ4n) is 4.09. The molecule has 206 valence electrons. The maximum Gasteiger partial charge on any atom is 0.410 e. The van der Waals surface area contributed by atoms with Gasteiger partial charge in [-0.05, 0) is 63.6 Å². The molecule has 0 bridgehead atoms. The van der Waals surface area contributed by atoms with Crippen molar-refractivity contribution >= 4 is 23.5 Å². The fourth-order valence-corrected chi connectivity index (χ4v) is 4.09. The van der Waals surface area contributed by atoms with Crippen LogP contribution in [0.15, 0.2) is 54.9 Å². The molecule has 0 radical (unpaired) electrons. The number of aromatic nitrogens is 2. The molecular weight excluding hydrogens is 508 g/mol. The number of halogens is 2. The SMILES string of the molecule is CC1CN(c2cc(Oc3ccc(NC(=O)Cc4ccc(F)cc4F)cc3)ncn2)CCN1C(=O)OC(C)(C)C. The van der Waals surface area contributed by atoms with Gasteiger partial charge in [0.25, 0.3) is 0 Å². The van der Waals surface area contributed by atoms with Crippen molar-refractivity contribution in [3.63, 3.8) is 0 Å². The summed E-state index contributed by atoms with van der Waals surface area (Å²) >= 11 is 0. The number of carbonyl (C=O) groups excluding carboxylic acids is 2. The maximum atomic E-state index is 13.8. The van der Waals surface area contributed by atoms with Crippen LogP contribution in [0.4, 0.5) is 25.1 Å². The molecule has 2 aromatic carbocycles. The monoisotopic (exact) mass is 539 g/mol. The third-order valence-electron chi connectivity index (χ3n) is 5.93. The van der Waals surface area contributed by atoms with Crippen molar-refractivity contribution in [1.82, 2.24) is 14.9 Å². The van der Waals surface area contributed by atoms with E-state index in [1.165, 1.54) is 12.4 Å². The molecule has 0 aliphatic carbocycles. The Bertz CT molecular complexity index is 1330. The summed E-state index contributed by atoms with van der Waals surface area (Å²) in [5.41, 5.74) is 0.0455. The summed E-state index contributed by atoms with van der Waals surface area (Å²) in [5.74, 6) is -0.393. The fraction of sp³-hybridized carbons (Fsp3) is 0.357. The van der Waals surface area contributed by atoms with E-state index in [2.05, 4.69) is 20.2 Å². The lowest BCUT2D eigenvalue weighted by molar-refractivity contribution is -0.115. The normalized spacial score (nSPS) is 15.6. The molecule has 11 heteroatoms. The van der Waals surface area contributed by atoms with Crippen LogP contribution in [0.2, 0.25) is 0 Å². The van der Waals surface area contributed by atoms with Crippen LogP contribution in [-0.2, 0) is 16.0 Å². The molecule has 0 spiro atoms. The van der Waals surface area contributed by atoms with Crippen LogP contribution in [0.1, 0.15) is 33.3 Å². The van der Waals surface area contributed by atoms with Crippen molar-refractivity contribution in [3.8, 4) is 11.6 Å². The van der Waals surface area contributed by atoms with Crippen LogP contribution < -0.4 is 15.0 Å². The molecule has 1 aliphatic rings. The smallest absolute Gasteiger partial charge is 0.410 e. The van der Waals surface area contributed by atoms with Gasteiger partial charge in [0.05, 0.1) is 6.42 Å². The van der Waals surface area contributed by atoms with E-state index >= 15 is 0 Å². The molecule has 1 aliphatic heterocycles. The standard InChI is InChI=1S/C28H31F2N5O4/c1-18-16-34(11-12-35(18)27(37)39-28(2,3)4)24-15-26(32-17-31-24)38-22-9-7-21(8-10-22)33-25(36)13-19-5-6-20(29)14-23(19)30/h5-10,14-15,17-18H,11-13,16H2,1-4H3,(H,33,36). The summed E-state index contributed by atoms with van der Waals surface area (Å²) in [5, 5.41) is 2.68. The highest BCUT2D eigenvalue weighted by molar-refractivity contribution is 5.92. The summed E-state index contributed by atoms with van der Waals surface area (Å²) in [6.45, 7) is 9.15. The van der Waals surface area contributed by atoms with Crippen molar-refractivity contribution in [1.29, 1.82) is 0 Å². The Balaban J connectivity index is 1.33. The Hall–Kier alpha value is -4.28. The number of hydrogen-bond donors (Lipinski definition) is 1. The predicted octanol–water partition coefficient (Wildman–Crippen LogP) is 5.17. The lowest BCUT2D eigenvalue weighted by atomic mass is 10.1. The average Bonchev–Trinajstić information content (AvgIpc) is 2.86. The number of amides is 2. The first-order valence-electron chi connectivity index (χ1n) is 12.5. The van der Waals surface area contributed by atoms with Gasteiger partial charge in [-0.15, -0.1) is 0 Å². The second-order valence-electron chi connectivity index (χ2n) is 10.3. The Kier molecular flexibility index (Phi) is 8.27. The molecule has 1 unspecified atom stereocenters. The van der Waals surface area contributed by atoms with Crippen molar-refractivity contribution < 1.29 is 27.8 Å². The van der Waals surface area contributed by atoms with Gasteiger partial charge in [-0.1, -0.05) is 6.07 Å². The molecule has 1 saturated heterocycles. The molecule has 1 fully saturated rings. The lowest BCUT2D eigenvalue weighted by Gasteiger charge is -2.40. The van der Waals surface area contributed by atoms with Crippen LogP contribution >= 0.6 is 0 Å². The van der Waals surface area contributed by atoms with Crippen LogP contribution in [0.3, 0.4) is 0 Å². The first-order chi connectivity index (χ1) is 18.5. The van der Waals surface area contributed by atoms with E-state index in [9.17, 15) is 18.4 Å². The van der Waals surface area contributed by atoms with Gasteiger partial charge in [-0.25, -0.2) is 23.5 Å². The third kappa shape index (κ3) is 7.62. The van der Waals surface area contributed by atoms with Gasteiger partial charge in [-0.2, -0.15) is 0 Å². The molecule has 1 atom stereocenters. The molecule has 2 heterocycles. The van der Waals surface area contributed by atoms with Crippen molar-refractivity contribution in [2.24, 2.45) is 0 Å².